The van der Waals surface area contributed by atoms with E-state index < -0.39 is 0 Å². The number of amides is 2. The molecule has 2 aromatic carbocycles. The van der Waals surface area contributed by atoms with Crippen molar-refractivity contribution in [2.24, 2.45) is 0 Å². The van der Waals surface area contributed by atoms with E-state index in [0.717, 1.165) is 21.8 Å². The Morgan fingerprint density at radius 3 is 2.62 bits per heavy atom. The molecule has 0 saturated carbocycles. The first-order valence-electron chi connectivity index (χ1n) is 7.71. The maximum Gasteiger partial charge on any atom is 0.286 e. The normalized spacial score (nSPS) is 10.6. The fourth-order valence-corrected chi connectivity index (χ4v) is 3.14. The molecule has 7 heteroatoms. The van der Waals surface area contributed by atoms with Crippen LogP contribution in [-0.2, 0) is 4.79 Å². The Hall–Kier alpha value is -2.25. The van der Waals surface area contributed by atoms with E-state index in [2.05, 4.69) is 21.2 Å². The van der Waals surface area contributed by atoms with Gasteiger partial charge in [0, 0.05) is 35.1 Å². The predicted octanol–water partition coefficient (Wildman–Crippen LogP) is 4.88. The van der Waals surface area contributed by atoms with Gasteiger partial charge in [-0.3, -0.25) is 9.59 Å². The van der Waals surface area contributed by atoms with Crippen molar-refractivity contribution in [1.82, 2.24) is 4.90 Å². The molecule has 0 aliphatic carbocycles. The molecule has 2 aromatic rings. The summed E-state index contributed by atoms with van der Waals surface area (Å²) in [6, 6.07) is 12.7. The van der Waals surface area contributed by atoms with Gasteiger partial charge in [0.1, 0.15) is 5.75 Å². The highest BCUT2D eigenvalue weighted by atomic mass is 79.9. The van der Waals surface area contributed by atoms with Crippen molar-refractivity contribution in [2.45, 2.75) is 4.90 Å². The Morgan fingerprint density at radius 1 is 1.19 bits per heavy atom. The first kappa shape index (κ1) is 20.1. The number of nitrogens with one attached hydrogen (secondary N) is 1. The summed E-state index contributed by atoms with van der Waals surface area (Å²) in [5, 5.41) is 2.70. The lowest BCUT2D eigenvalue weighted by Crippen LogP contribution is -2.16. The maximum atomic E-state index is 12.3. The fraction of sp³-hybridized carbons (Fsp3) is 0.158. The lowest BCUT2D eigenvalue weighted by Gasteiger charge is -2.12. The Bertz CT molecular complexity index is 837. The number of anilines is 1. The standard InChI is InChI=1S/C19H19BrN2O3S/c1-22(2)19(24)26-17-7-5-4-6-15(17)21-18(23)11-8-13-12-14(20)9-10-16(13)25-3/h4-12H,1-3H3,(H,21,23)/b11-8+. The van der Waals surface area contributed by atoms with E-state index >= 15 is 0 Å². The van der Waals surface area contributed by atoms with Crippen LogP contribution < -0.4 is 10.1 Å². The number of benzene rings is 2. The van der Waals surface area contributed by atoms with Gasteiger partial charge in [-0.05, 0) is 48.2 Å². The zero-order chi connectivity index (χ0) is 19.1. The van der Waals surface area contributed by atoms with Crippen LogP contribution in [0.3, 0.4) is 0 Å². The summed E-state index contributed by atoms with van der Waals surface area (Å²) in [4.78, 5) is 26.4. The molecule has 1 N–H and O–H groups in total. The highest BCUT2D eigenvalue weighted by Gasteiger charge is 2.11. The maximum absolute atomic E-state index is 12.3. The molecule has 0 aromatic heterocycles. The number of rotatable bonds is 5. The van der Waals surface area contributed by atoms with E-state index in [4.69, 9.17) is 4.74 Å². The summed E-state index contributed by atoms with van der Waals surface area (Å²) in [5.74, 6) is 0.377. The topological polar surface area (TPSA) is 58.6 Å². The minimum atomic E-state index is -0.294. The second-order valence-corrected chi connectivity index (χ2v) is 7.38. The van der Waals surface area contributed by atoms with E-state index in [1.807, 2.05) is 24.3 Å². The van der Waals surface area contributed by atoms with Crippen LogP contribution in [0.2, 0.25) is 0 Å². The van der Waals surface area contributed by atoms with Crippen LogP contribution in [0.15, 0.2) is 57.9 Å². The number of hydrogen-bond acceptors (Lipinski definition) is 4. The van der Waals surface area contributed by atoms with E-state index in [1.54, 1.807) is 45.5 Å². The van der Waals surface area contributed by atoms with Crippen molar-refractivity contribution in [3.63, 3.8) is 0 Å². The van der Waals surface area contributed by atoms with E-state index in [0.29, 0.717) is 16.3 Å². The van der Waals surface area contributed by atoms with Gasteiger partial charge in [0.05, 0.1) is 12.8 Å². The molecule has 2 amide bonds. The molecule has 0 radical (unpaired) electrons. The highest BCUT2D eigenvalue weighted by molar-refractivity contribution is 9.10. The van der Waals surface area contributed by atoms with Gasteiger partial charge in [0.2, 0.25) is 5.91 Å². The SMILES string of the molecule is COc1ccc(Br)cc1/C=C/C(=O)Nc1ccccc1SC(=O)N(C)C. The van der Waals surface area contributed by atoms with Crippen LogP contribution >= 0.6 is 27.7 Å². The van der Waals surface area contributed by atoms with Crippen LogP contribution in [0.25, 0.3) is 6.08 Å². The molecule has 26 heavy (non-hydrogen) atoms. The summed E-state index contributed by atoms with van der Waals surface area (Å²) < 4.78 is 6.18. The van der Waals surface area contributed by atoms with Gasteiger partial charge in [0.25, 0.3) is 5.24 Å². The van der Waals surface area contributed by atoms with Crippen molar-refractivity contribution < 1.29 is 14.3 Å². The number of carbonyl (C=O) groups excluding carboxylic acids is 2. The van der Waals surface area contributed by atoms with E-state index in [9.17, 15) is 9.59 Å². The largest absolute Gasteiger partial charge is 0.496 e. The van der Waals surface area contributed by atoms with Crippen molar-refractivity contribution in [2.75, 3.05) is 26.5 Å². The first-order chi connectivity index (χ1) is 12.4. The minimum Gasteiger partial charge on any atom is -0.496 e. The summed E-state index contributed by atoms with van der Waals surface area (Å²) in [5.41, 5.74) is 1.37. The molecule has 0 heterocycles. The number of nitrogens with zero attached hydrogens (tertiary/aromatic N) is 1. The number of methoxy groups -OCH3 is 1. The molecule has 0 spiro atoms. The Balaban J connectivity index is 2.13. The van der Waals surface area contributed by atoms with Gasteiger partial charge in [0.15, 0.2) is 0 Å². The average molecular weight is 435 g/mol. The summed E-state index contributed by atoms with van der Waals surface area (Å²) in [6.07, 6.45) is 3.11. The molecule has 0 aliphatic heterocycles. The molecule has 0 bridgehead atoms. The average Bonchev–Trinajstić information content (AvgIpc) is 2.61. The summed E-state index contributed by atoms with van der Waals surface area (Å²) in [7, 11) is 4.95. The van der Waals surface area contributed by atoms with Gasteiger partial charge in [-0.2, -0.15) is 0 Å². The monoisotopic (exact) mass is 434 g/mol. The Morgan fingerprint density at radius 2 is 1.92 bits per heavy atom. The van der Waals surface area contributed by atoms with E-state index in [-0.39, 0.29) is 11.1 Å². The van der Waals surface area contributed by atoms with Crippen LogP contribution in [0, 0.1) is 0 Å². The van der Waals surface area contributed by atoms with Crippen molar-refractivity contribution in [3.05, 3.63) is 58.6 Å². The zero-order valence-corrected chi connectivity index (χ0v) is 17.1. The van der Waals surface area contributed by atoms with Gasteiger partial charge in [-0.15, -0.1) is 0 Å². The lowest BCUT2D eigenvalue weighted by atomic mass is 10.2. The van der Waals surface area contributed by atoms with Crippen LogP contribution in [0.1, 0.15) is 5.56 Å². The van der Waals surface area contributed by atoms with Crippen molar-refractivity contribution >= 4 is 50.6 Å². The van der Waals surface area contributed by atoms with Gasteiger partial charge in [-0.1, -0.05) is 28.1 Å². The fourth-order valence-electron chi connectivity index (χ4n) is 2.02. The number of halogens is 1. The van der Waals surface area contributed by atoms with Gasteiger partial charge >= 0.3 is 0 Å². The molecule has 136 valence electrons. The number of hydrogen-bond donors (Lipinski definition) is 1. The van der Waals surface area contributed by atoms with Gasteiger partial charge < -0.3 is 15.0 Å². The summed E-state index contributed by atoms with van der Waals surface area (Å²) in [6.45, 7) is 0. The van der Waals surface area contributed by atoms with Crippen LogP contribution in [0.4, 0.5) is 10.5 Å². The van der Waals surface area contributed by atoms with Crippen LogP contribution in [0.5, 0.6) is 5.75 Å². The zero-order valence-electron chi connectivity index (χ0n) is 14.7. The predicted molar refractivity (Wildman–Crippen MR) is 110 cm³/mol. The van der Waals surface area contributed by atoms with Gasteiger partial charge in [-0.25, -0.2) is 0 Å². The molecule has 0 saturated heterocycles. The molecular weight excluding hydrogens is 416 g/mol. The molecule has 2 rings (SSSR count). The number of carbonyl (C=O) groups is 2. The molecule has 0 unspecified atom stereocenters. The number of thioether (sulfide) groups is 1. The highest BCUT2D eigenvalue weighted by Crippen LogP contribution is 2.29. The number of para-hydroxylation sites is 1. The quantitative estimate of drug-likeness (QED) is 0.537. The first-order valence-corrected chi connectivity index (χ1v) is 9.32. The smallest absolute Gasteiger partial charge is 0.286 e. The lowest BCUT2D eigenvalue weighted by molar-refractivity contribution is -0.111. The third kappa shape index (κ3) is 5.64. The minimum absolute atomic E-state index is 0.110. The molecule has 5 nitrogen and oxygen atoms in total. The second-order valence-electron chi connectivity index (χ2n) is 5.47. The third-order valence-electron chi connectivity index (χ3n) is 3.31. The second kappa shape index (κ2) is 9.45. The molecule has 0 fully saturated rings. The van der Waals surface area contributed by atoms with Crippen LogP contribution in [-0.4, -0.2) is 37.3 Å². The number of ether oxygens (including phenoxy) is 1. The van der Waals surface area contributed by atoms with Crippen molar-refractivity contribution in [3.8, 4) is 5.75 Å². The molecular formula is C19H19BrN2O3S. The Labute approximate surface area is 165 Å². The van der Waals surface area contributed by atoms with E-state index in [1.165, 1.54) is 11.0 Å². The van der Waals surface area contributed by atoms with Crippen molar-refractivity contribution in [1.29, 1.82) is 0 Å². The molecule has 0 atom stereocenters. The summed E-state index contributed by atoms with van der Waals surface area (Å²) >= 11 is 4.47. The Kier molecular flexibility index (Phi) is 7.29. The third-order valence-corrected chi connectivity index (χ3v) is 4.92. The molecule has 0 aliphatic rings.